The van der Waals surface area contributed by atoms with Crippen molar-refractivity contribution in [2.45, 2.75) is 98.7 Å². The van der Waals surface area contributed by atoms with Crippen molar-refractivity contribution in [2.24, 2.45) is 5.41 Å². The standard InChI is InChI=1S/C35H36NO.C15H15FN.Ir/c1-21-20-36-30(16-22(21)19-33(2,3)4)25-14-11-13-24-27-17-29-26(18-31(27)37-32(24)25)23-12-9-10-15-28(23)34(5,6)35(29,7)8;1-15(2,3)12-6-9-14(17-10-12)11-4-7-13(16)8-5-11;/h9-13,15-18,20H,19H2,1-8H3;4,6-10H,1-3H3;/q2*-1;/i1D3,19D2;;. The molecule has 285 valence electrons. The molecule has 7 aromatic rings. The predicted molar refractivity (Wildman–Crippen MR) is 222 cm³/mol. The predicted octanol–water partition coefficient (Wildman–Crippen LogP) is 13.6. The van der Waals surface area contributed by atoms with Gasteiger partial charge in [0.15, 0.2) is 0 Å². The third-order valence-corrected chi connectivity index (χ3v) is 11.0. The van der Waals surface area contributed by atoms with Crippen molar-refractivity contribution < 1.29 is 35.8 Å². The Morgan fingerprint density at radius 3 is 2.16 bits per heavy atom. The molecule has 1 aliphatic carbocycles. The van der Waals surface area contributed by atoms with Gasteiger partial charge in [0.2, 0.25) is 0 Å². The van der Waals surface area contributed by atoms with Crippen LogP contribution in [-0.2, 0) is 42.7 Å². The molecule has 8 rings (SSSR count). The van der Waals surface area contributed by atoms with E-state index in [1.54, 1.807) is 32.9 Å². The Kier molecular flexibility index (Phi) is 8.97. The number of nitrogens with zero attached hydrogens (tertiary/aromatic N) is 2. The van der Waals surface area contributed by atoms with Gasteiger partial charge in [-0.15, -0.1) is 48.0 Å². The SMILES string of the molecule is CC(C)(C)c1ccc(-c2[c-]cc(F)cc2)nc1.[2H]C([2H])([2H])c1cnc(-c2[c-]ccc3c2oc2cc4c(cc23)C(C)(C)C(C)(C)c2ccccc2-4)cc1C([2H])([2H])C(C)(C)C.[Ir]. The van der Waals surface area contributed by atoms with Gasteiger partial charge in [0.25, 0.3) is 0 Å². The fraction of sp³-hybridized carbons (Fsp3) is 0.320. The Balaban J connectivity index is 0.000000281. The molecule has 0 unspecified atom stereocenters. The van der Waals surface area contributed by atoms with E-state index in [2.05, 4.69) is 113 Å². The van der Waals surface area contributed by atoms with Gasteiger partial charge < -0.3 is 14.4 Å². The number of aryl methyl sites for hydroxylation is 1. The normalized spacial score (nSPS) is 16.2. The maximum absolute atomic E-state index is 12.8. The van der Waals surface area contributed by atoms with Crippen molar-refractivity contribution in [2.75, 3.05) is 0 Å². The average molecular weight is 912 g/mol. The number of fused-ring (bicyclic) bond motifs is 6. The maximum Gasteiger partial charge on any atom is 0.121 e. The monoisotopic (exact) mass is 912 g/mol. The molecule has 1 aliphatic rings. The second-order valence-corrected chi connectivity index (χ2v) is 17.5. The third kappa shape index (κ3) is 7.59. The van der Waals surface area contributed by atoms with E-state index in [4.69, 9.17) is 11.3 Å². The molecular formula is C50H51FIrN2O-2. The van der Waals surface area contributed by atoms with E-state index < -0.39 is 18.6 Å². The second-order valence-electron chi connectivity index (χ2n) is 17.5. The summed E-state index contributed by atoms with van der Waals surface area (Å²) >= 11 is 0. The van der Waals surface area contributed by atoms with Crippen molar-refractivity contribution in [3.8, 4) is 33.6 Å². The Morgan fingerprint density at radius 2 is 1.51 bits per heavy atom. The first-order chi connectivity index (χ1) is 27.3. The summed E-state index contributed by atoms with van der Waals surface area (Å²) in [5, 5.41) is 1.91. The molecule has 0 atom stereocenters. The van der Waals surface area contributed by atoms with Crippen LogP contribution >= 0.6 is 0 Å². The molecular weight excluding hydrogens is 856 g/mol. The summed E-state index contributed by atoms with van der Waals surface area (Å²) in [6.07, 6.45) is 1.23. The van der Waals surface area contributed by atoms with Crippen LogP contribution in [0.5, 0.6) is 0 Å². The van der Waals surface area contributed by atoms with Crippen LogP contribution in [0.1, 0.15) is 104 Å². The molecule has 0 saturated carbocycles. The van der Waals surface area contributed by atoms with Crippen LogP contribution in [0.15, 0.2) is 102 Å². The van der Waals surface area contributed by atoms with E-state index in [-0.39, 0.29) is 53.3 Å². The largest absolute Gasteiger partial charge is 0.501 e. The number of pyridine rings is 2. The molecule has 3 aromatic heterocycles. The van der Waals surface area contributed by atoms with Gasteiger partial charge >= 0.3 is 0 Å². The number of hydrogen-bond donors (Lipinski definition) is 0. The van der Waals surface area contributed by atoms with Gasteiger partial charge in [0.1, 0.15) is 5.58 Å². The minimum absolute atomic E-state index is 0. The van der Waals surface area contributed by atoms with Gasteiger partial charge in [-0.1, -0.05) is 128 Å². The minimum atomic E-state index is -2.51. The summed E-state index contributed by atoms with van der Waals surface area (Å²) in [6, 6.07) is 32.9. The zero-order valence-corrected chi connectivity index (χ0v) is 35.6. The van der Waals surface area contributed by atoms with Crippen LogP contribution in [0.25, 0.3) is 55.6 Å². The van der Waals surface area contributed by atoms with Gasteiger partial charge in [0.05, 0.1) is 5.58 Å². The van der Waals surface area contributed by atoms with E-state index in [9.17, 15) is 4.39 Å². The molecule has 55 heavy (non-hydrogen) atoms. The Hall–Kier alpha value is -4.44. The summed E-state index contributed by atoms with van der Waals surface area (Å²) in [6.45, 7) is 18.5. The molecule has 3 nitrogen and oxygen atoms in total. The molecule has 0 saturated heterocycles. The number of benzene rings is 4. The van der Waals surface area contributed by atoms with Gasteiger partial charge in [0, 0.05) is 50.6 Å². The zero-order chi connectivity index (χ0) is 43.1. The fourth-order valence-electron chi connectivity index (χ4n) is 7.32. The topological polar surface area (TPSA) is 38.9 Å². The number of aromatic nitrogens is 2. The minimum Gasteiger partial charge on any atom is -0.501 e. The summed E-state index contributed by atoms with van der Waals surface area (Å²) in [5.41, 5.74) is 9.11. The Bertz CT molecular complexity index is 2700. The molecule has 0 N–H and O–H groups in total. The molecule has 4 aromatic carbocycles. The average Bonchev–Trinajstić information content (AvgIpc) is 3.54. The number of halogens is 1. The van der Waals surface area contributed by atoms with Crippen LogP contribution in [0.4, 0.5) is 4.39 Å². The molecule has 3 heterocycles. The van der Waals surface area contributed by atoms with E-state index in [0.717, 1.165) is 33.2 Å². The van der Waals surface area contributed by atoms with Gasteiger partial charge in [-0.25, -0.2) is 0 Å². The first kappa shape index (κ1) is 33.9. The van der Waals surface area contributed by atoms with Crippen molar-refractivity contribution in [3.05, 3.63) is 143 Å². The molecule has 0 amide bonds. The molecule has 0 fully saturated rings. The van der Waals surface area contributed by atoms with E-state index in [1.165, 1.54) is 40.6 Å². The van der Waals surface area contributed by atoms with Gasteiger partial charge in [-0.2, -0.15) is 0 Å². The van der Waals surface area contributed by atoms with Crippen LogP contribution in [0.2, 0.25) is 0 Å². The smallest absolute Gasteiger partial charge is 0.121 e. The van der Waals surface area contributed by atoms with Crippen molar-refractivity contribution in [1.82, 2.24) is 9.97 Å². The molecule has 0 bridgehead atoms. The number of hydrogen-bond acceptors (Lipinski definition) is 3. The second kappa shape index (κ2) is 14.6. The Morgan fingerprint density at radius 1 is 0.782 bits per heavy atom. The summed E-state index contributed by atoms with van der Waals surface area (Å²) in [7, 11) is 0. The van der Waals surface area contributed by atoms with Crippen LogP contribution in [-0.4, -0.2) is 9.97 Å². The van der Waals surface area contributed by atoms with Crippen molar-refractivity contribution in [1.29, 1.82) is 0 Å². The van der Waals surface area contributed by atoms with Crippen LogP contribution in [0.3, 0.4) is 0 Å². The molecule has 5 heteroatoms. The summed E-state index contributed by atoms with van der Waals surface area (Å²) < 4.78 is 61.4. The summed E-state index contributed by atoms with van der Waals surface area (Å²) in [4.78, 5) is 8.91. The fourth-order valence-corrected chi connectivity index (χ4v) is 7.32. The first-order valence-electron chi connectivity index (χ1n) is 21.0. The van der Waals surface area contributed by atoms with Crippen molar-refractivity contribution >= 4 is 21.9 Å². The number of rotatable bonds is 3. The quantitative estimate of drug-likeness (QED) is 0.166. The van der Waals surface area contributed by atoms with E-state index >= 15 is 0 Å². The number of furan rings is 1. The maximum atomic E-state index is 12.8. The Labute approximate surface area is 347 Å². The van der Waals surface area contributed by atoms with Gasteiger partial charge in [-0.3, -0.25) is 4.39 Å². The molecule has 1 radical (unpaired) electrons. The summed E-state index contributed by atoms with van der Waals surface area (Å²) in [5.74, 6) is -0.278. The van der Waals surface area contributed by atoms with Gasteiger partial charge in [-0.05, 0) is 91.8 Å². The van der Waals surface area contributed by atoms with Crippen LogP contribution in [0, 0.1) is 30.2 Å². The molecule has 0 aliphatic heterocycles. The van der Waals surface area contributed by atoms with E-state index in [1.807, 2.05) is 24.4 Å². The van der Waals surface area contributed by atoms with Crippen LogP contribution < -0.4 is 0 Å². The van der Waals surface area contributed by atoms with Crippen molar-refractivity contribution in [3.63, 3.8) is 0 Å². The van der Waals surface area contributed by atoms with E-state index in [0.29, 0.717) is 16.8 Å². The molecule has 0 spiro atoms. The third-order valence-electron chi connectivity index (χ3n) is 11.0. The first-order valence-corrected chi connectivity index (χ1v) is 18.5. The zero-order valence-electron chi connectivity index (χ0n) is 38.3.